The van der Waals surface area contributed by atoms with Gasteiger partial charge in [0.15, 0.2) is 11.6 Å². The SMILES string of the molecule is CCCCCCCCOc1ccc(C(CC(=O)c2ccccc2)CC(=O)c2ccccc2)cc1. The molecule has 0 amide bonds. The molecule has 34 heavy (non-hydrogen) atoms. The van der Waals surface area contributed by atoms with Gasteiger partial charge in [-0.1, -0.05) is 112 Å². The minimum absolute atomic E-state index is 0.0508. The summed E-state index contributed by atoms with van der Waals surface area (Å²) < 4.78 is 5.91. The zero-order valence-corrected chi connectivity index (χ0v) is 20.2. The second kappa shape index (κ2) is 14.1. The van der Waals surface area contributed by atoms with Crippen LogP contribution in [0.2, 0.25) is 0 Å². The Morgan fingerprint density at radius 1 is 0.647 bits per heavy atom. The number of hydrogen-bond donors (Lipinski definition) is 0. The van der Waals surface area contributed by atoms with E-state index in [0.717, 1.165) is 17.7 Å². The van der Waals surface area contributed by atoms with Crippen LogP contribution in [0, 0.1) is 0 Å². The fourth-order valence-corrected chi connectivity index (χ4v) is 4.15. The molecule has 0 fully saturated rings. The molecule has 0 unspecified atom stereocenters. The van der Waals surface area contributed by atoms with Crippen LogP contribution in [0.25, 0.3) is 0 Å². The molecule has 0 radical (unpaired) electrons. The molecule has 3 heteroatoms. The van der Waals surface area contributed by atoms with Crippen molar-refractivity contribution in [1.82, 2.24) is 0 Å². The first-order valence-corrected chi connectivity index (χ1v) is 12.6. The van der Waals surface area contributed by atoms with E-state index in [-0.39, 0.29) is 17.5 Å². The monoisotopic (exact) mass is 456 g/mol. The molecule has 0 saturated heterocycles. The van der Waals surface area contributed by atoms with Gasteiger partial charge in [-0.3, -0.25) is 9.59 Å². The van der Waals surface area contributed by atoms with Gasteiger partial charge in [0.25, 0.3) is 0 Å². The summed E-state index contributed by atoms with van der Waals surface area (Å²) >= 11 is 0. The first kappa shape index (κ1) is 25.4. The summed E-state index contributed by atoms with van der Waals surface area (Å²) in [6.07, 6.45) is 7.98. The third-order valence-corrected chi connectivity index (χ3v) is 6.17. The summed E-state index contributed by atoms with van der Waals surface area (Å²) in [6, 6.07) is 26.5. The third kappa shape index (κ3) is 8.30. The molecule has 3 rings (SSSR count). The smallest absolute Gasteiger partial charge is 0.163 e. The van der Waals surface area contributed by atoms with Crippen molar-refractivity contribution in [2.45, 2.75) is 64.2 Å². The molecular weight excluding hydrogens is 420 g/mol. The van der Waals surface area contributed by atoms with Crippen molar-refractivity contribution in [2.75, 3.05) is 6.61 Å². The minimum atomic E-state index is -0.187. The molecule has 3 nitrogen and oxygen atoms in total. The first-order valence-electron chi connectivity index (χ1n) is 12.6. The van der Waals surface area contributed by atoms with Gasteiger partial charge in [-0.25, -0.2) is 0 Å². The van der Waals surface area contributed by atoms with Crippen molar-refractivity contribution in [2.24, 2.45) is 0 Å². The van der Waals surface area contributed by atoms with Gasteiger partial charge in [0, 0.05) is 24.0 Å². The highest BCUT2D eigenvalue weighted by molar-refractivity contribution is 5.99. The van der Waals surface area contributed by atoms with Crippen LogP contribution in [0.1, 0.15) is 90.5 Å². The van der Waals surface area contributed by atoms with Crippen molar-refractivity contribution in [3.63, 3.8) is 0 Å². The quantitative estimate of drug-likeness (QED) is 0.172. The Bertz CT molecular complexity index is 940. The Hall–Kier alpha value is -3.20. The van der Waals surface area contributed by atoms with E-state index in [0.29, 0.717) is 30.6 Å². The summed E-state index contributed by atoms with van der Waals surface area (Å²) in [6.45, 7) is 2.94. The zero-order valence-electron chi connectivity index (χ0n) is 20.2. The second-order valence-corrected chi connectivity index (χ2v) is 8.87. The average molecular weight is 457 g/mol. The number of carbonyl (C=O) groups is 2. The van der Waals surface area contributed by atoms with Gasteiger partial charge in [0.1, 0.15) is 5.75 Å². The number of Topliss-reactive ketones (excluding diaryl/α,β-unsaturated/α-hetero) is 2. The first-order chi connectivity index (χ1) is 16.7. The number of unbranched alkanes of at least 4 members (excludes halogenated alkanes) is 5. The number of benzene rings is 3. The maximum Gasteiger partial charge on any atom is 0.163 e. The molecule has 0 N–H and O–H groups in total. The summed E-state index contributed by atoms with van der Waals surface area (Å²) in [5.74, 6) is 0.748. The lowest BCUT2D eigenvalue weighted by Crippen LogP contribution is -2.13. The number of rotatable bonds is 15. The summed E-state index contributed by atoms with van der Waals surface area (Å²) in [5.41, 5.74) is 2.34. The highest BCUT2D eigenvalue weighted by Gasteiger charge is 2.21. The molecule has 0 aromatic heterocycles. The van der Waals surface area contributed by atoms with Crippen molar-refractivity contribution < 1.29 is 14.3 Å². The van der Waals surface area contributed by atoms with Crippen molar-refractivity contribution >= 4 is 11.6 Å². The van der Waals surface area contributed by atoms with Gasteiger partial charge in [-0.2, -0.15) is 0 Å². The van der Waals surface area contributed by atoms with Crippen LogP contribution < -0.4 is 4.74 Å². The molecule has 0 aliphatic rings. The standard InChI is InChI=1S/C31H36O3/c1-2-3-4-5-6-13-22-34-29-20-18-25(19-21-29)28(23-30(32)26-14-9-7-10-15-26)24-31(33)27-16-11-8-12-17-27/h7-12,14-21,28H,2-6,13,22-24H2,1H3. The lowest BCUT2D eigenvalue weighted by molar-refractivity contribution is 0.0944. The Labute approximate surface area is 204 Å². The zero-order chi connectivity index (χ0) is 24.0. The van der Waals surface area contributed by atoms with Crippen molar-refractivity contribution in [1.29, 1.82) is 0 Å². The fraction of sp³-hybridized carbons (Fsp3) is 0.355. The molecule has 178 valence electrons. The average Bonchev–Trinajstić information content (AvgIpc) is 2.89. The Morgan fingerprint density at radius 3 is 1.68 bits per heavy atom. The van der Waals surface area contributed by atoms with Crippen molar-refractivity contribution in [3.8, 4) is 5.75 Å². The normalized spacial score (nSPS) is 10.9. The second-order valence-electron chi connectivity index (χ2n) is 8.87. The van der Waals surface area contributed by atoms with Gasteiger partial charge in [-0.05, 0) is 30.0 Å². The Kier molecular flexibility index (Phi) is 10.6. The molecule has 0 atom stereocenters. The highest BCUT2D eigenvalue weighted by atomic mass is 16.5. The van der Waals surface area contributed by atoms with Gasteiger partial charge >= 0.3 is 0 Å². The topological polar surface area (TPSA) is 43.4 Å². The fourth-order valence-electron chi connectivity index (χ4n) is 4.15. The van der Waals surface area contributed by atoms with Crippen LogP contribution in [0.4, 0.5) is 0 Å². The number of ketones is 2. The predicted octanol–water partition coefficient (Wildman–Crippen LogP) is 8.06. The van der Waals surface area contributed by atoms with E-state index in [9.17, 15) is 9.59 Å². The number of hydrogen-bond acceptors (Lipinski definition) is 3. The van der Waals surface area contributed by atoms with Crippen LogP contribution in [0.3, 0.4) is 0 Å². The van der Waals surface area contributed by atoms with E-state index >= 15 is 0 Å². The van der Waals surface area contributed by atoms with E-state index in [4.69, 9.17) is 4.74 Å². The Balaban J connectivity index is 1.63. The largest absolute Gasteiger partial charge is 0.494 e. The van der Waals surface area contributed by atoms with Crippen LogP contribution in [-0.4, -0.2) is 18.2 Å². The van der Waals surface area contributed by atoms with Crippen LogP contribution in [0.15, 0.2) is 84.9 Å². The van der Waals surface area contributed by atoms with E-state index in [1.807, 2.05) is 84.9 Å². The molecule has 3 aromatic rings. The third-order valence-electron chi connectivity index (χ3n) is 6.17. The van der Waals surface area contributed by atoms with Gasteiger partial charge < -0.3 is 4.74 Å². The van der Waals surface area contributed by atoms with E-state index < -0.39 is 0 Å². The molecule has 0 heterocycles. The van der Waals surface area contributed by atoms with Gasteiger partial charge in [0.2, 0.25) is 0 Å². The number of carbonyl (C=O) groups excluding carboxylic acids is 2. The molecular formula is C31H36O3. The maximum absolute atomic E-state index is 12.9. The molecule has 0 aliphatic heterocycles. The lowest BCUT2D eigenvalue weighted by Gasteiger charge is -2.17. The molecule has 0 saturated carbocycles. The molecule has 0 aliphatic carbocycles. The van der Waals surface area contributed by atoms with Gasteiger partial charge in [-0.15, -0.1) is 0 Å². The lowest BCUT2D eigenvalue weighted by atomic mass is 9.86. The van der Waals surface area contributed by atoms with Crippen LogP contribution >= 0.6 is 0 Å². The number of ether oxygens (including phenoxy) is 1. The van der Waals surface area contributed by atoms with Gasteiger partial charge in [0.05, 0.1) is 6.61 Å². The maximum atomic E-state index is 12.9. The summed E-state index contributed by atoms with van der Waals surface area (Å²) in [7, 11) is 0. The Morgan fingerprint density at radius 2 is 1.15 bits per heavy atom. The van der Waals surface area contributed by atoms with E-state index in [1.54, 1.807) is 0 Å². The molecule has 0 bridgehead atoms. The highest BCUT2D eigenvalue weighted by Crippen LogP contribution is 2.29. The van der Waals surface area contributed by atoms with Crippen molar-refractivity contribution in [3.05, 3.63) is 102 Å². The van der Waals surface area contributed by atoms with E-state index in [2.05, 4.69) is 6.92 Å². The van der Waals surface area contributed by atoms with Crippen LogP contribution in [-0.2, 0) is 0 Å². The molecule has 0 spiro atoms. The van der Waals surface area contributed by atoms with E-state index in [1.165, 1.54) is 32.1 Å². The predicted molar refractivity (Wildman–Crippen MR) is 139 cm³/mol. The summed E-state index contributed by atoms with van der Waals surface area (Å²) in [5, 5.41) is 0. The molecule has 3 aromatic carbocycles. The van der Waals surface area contributed by atoms with Crippen LogP contribution in [0.5, 0.6) is 5.75 Å². The minimum Gasteiger partial charge on any atom is -0.494 e. The summed E-state index contributed by atoms with van der Waals surface area (Å²) in [4.78, 5) is 25.9.